The molecule has 0 saturated carbocycles. The number of hydrogen-bond donors (Lipinski definition) is 1. The summed E-state index contributed by atoms with van der Waals surface area (Å²) in [4.78, 5) is 30.2. The predicted octanol–water partition coefficient (Wildman–Crippen LogP) is 1.56. The monoisotopic (exact) mass is 340 g/mol. The van der Waals surface area contributed by atoms with Gasteiger partial charge >= 0.3 is 0 Å². The maximum atomic E-state index is 12.3. The number of nitrogens with zero attached hydrogens (tertiary/aromatic N) is 5. The van der Waals surface area contributed by atoms with Crippen LogP contribution in [0.15, 0.2) is 24.5 Å². The Hall–Kier alpha value is -2.70. The molecule has 1 aliphatic heterocycles. The van der Waals surface area contributed by atoms with Crippen LogP contribution in [0.5, 0.6) is 0 Å². The number of hydrogen-bond acceptors (Lipinski definition) is 6. The zero-order chi connectivity index (χ0) is 17.8. The van der Waals surface area contributed by atoms with E-state index in [9.17, 15) is 4.79 Å². The number of nitrogens with one attached hydrogen (secondary N) is 1. The minimum atomic E-state index is -0.0755. The number of aromatic nitrogens is 3. The van der Waals surface area contributed by atoms with Gasteiger partial charge in [0.1, 0.15) is 11.6 Å². The van der Waals surface area contributed by atoms with E-state index in [1.807, 2.05) is 26.8 Å². The standard InChI is InChI=1S/C18H24N6O/c1-4-19-18(25)15-6-5-7-20-17(15)24-10-8-23(9-11-24)16-14(3)21-12-13(2)22-16/h5-7,12H,4,8-11H2,1-3H3,(H,19,25). The smallest absolute Gasteiger partial charge is 0.255 e. The number of piperazine rings is 1. The Kier molecular flexibility index (Phi) is 5.11. The van der Waals surface area contributed by atoms with Crippen LogP contribution in [0.2, 0.25) is 0 Å². The largest absolute Gasteiger partial charge is 0.352 e. The number of pyridine rings is 1. The second-order valence-electron chi connectivity index (χ2n) is 6.13. The Morgan fingerprint density at radius 2 is 1.80 bits per heavy atom. The summed E-state index contributed by atoms with van der Waals surface area (Å²) in [5.74, 6) is 1.62. The lowest BCUT2D eigenvalue weighted by Gasteiger charge is -2.37. The molecule has 2 aromatic rings. The fraction of sp³-hybridized carbons (Fsp3) is 0.444. The normalized spacial score (nSPS) is 14.5. The van der Waals surface area contributed by atoms with Crippen molar-refractivity contribution in [3.8, 4) is 0 Å². The molecule has 0 spiro atoms. The number of aryl methyl sites for hydroxylation is 2. The molecule has 132 valence electrons. The van der Waals surface area contributed by atoms with Crippen LogP contribution in [0.25, 0.3) is 0 Å². The molecule has 7 nitrogen and oxygen atoms in total. The van der Waals surface area contributed by atoms with Crippen LogP contribution in [0.4, 0.5) is 11.6 Å². The van der Waals surface area contributed by atoms with E-state index < -0.39 is 0 Å². The van der Waals surface area contributed by atoms with Gasteiger partial charge in [0.05, 0.1) is 17.0 Å². The maximum Gasteiger partial charge on any atom is 0.255 e. The molecule has 1 aliphatic rings. The van der Waals surface area contributed by atoms with Crippen LogP contribution >= 0.6 is 0 Å². The Balaban J connectivity index is 1.75. The van der Waals surface area contributed by atoms with Crippen LogP contribution in [-0.4, -0.2) is 53.6 Å². The van der Waals surface area contributed by atoms with E-state index in [4.69, 9.17) is 0 Å². The molecule has 3 heterocycles. The summed E-state index contributed by atoms with van der Waals surface area (Å²) >= 11 is 0. The molecule has 25 heavy (non-hydrogen) atoms. The Labute approximate surface area is 148 Å². The molecule has 1 fully saturated rings. The van der Waals surface area contributed by atoms with E-state index in [1.165, 1.54) is 0 Å². The fourth-order valence-corrected chi connectivity index (χ4v) is 3.04. The van der Waals surface area contributed by atoms with Gasteiger partial charge in [0, 0.05) is 45.1 Å². The first-order chi connectivity index (χ1) is 12.1. The zero-order valence-electron chi connectivity index (χ0n) is 15.0. The molecule has 0 aromatic carbocycles. The minimum absolute atomic E-state index is 0.0755. The Morgan fingerprint density at radius 3 is 2.48 bits per heavy atom. The van der Waals surface area contributed by atoms with Gasteiger partial charge in [0.25, 0.3) is 5.91 Å². The van der Waals surface area contributed by atoms with Crippen LogP contribution in [0.3, 0.4) is 0 Å². The van der Waals surface area contributed by atoms with E-state index in [0.717, 1.165) is 49.2 Å². The van der Waals surface area contributed by atoms with Crippen LogP contribution in [0.1, 0.15) is 28.7 Å². The third-order valence-corrected chi connectivity index (χ3v) is 4.30. The summed E-state index contributed by atoms with van der Waals surface area (Å²) in [6.07, 6.45) is 3.53. The Bertz CT molecular complexity index is 755. The van der Waals surface area contributed by atoms with E-state index >= 15 is 0 Å². The molecular formula is C18H24N6O. The lowest BCUT2D eigenvalue weighted by molar-refractivity contribution is 0.0956. The molecule has 0 unspecified atom stereocenters. The minimum Gasteiger partial charge on any atom is -0.352 e. The molecule has 1 amide bonds. The fourth-order valence-electron chi connectivity index (χ4n) is 3.04. The van der Waals surface area contributed by atoms with Crippen LogP contribution in [0, 0.1) is 13.8 Å². The number of carbonyl (C=O) groups is 1. The molecule has 3 rings (SSSR count). The van der Waals surface area contributed by atoms with Crippen molar-refractivity contribution < 1.29 is 4.79 Å². The molecule has 0 atom stereocenters. The van der Waals surface area contributed by atoms with Gasteiger partial charge in [-0.15, -0.1) is 0 Å². The summed E-state index contributed by atoms with van der Waals surface area (Å²) in [5, 5.41) is 2.86. The number of amides is 1. The second-order valence-corrected chi connectivity index (χ2v) is 6.13. The first-order valence-corrected chi connectivity index (χ1v) is 8.63. The average Bonchev–Trinajstić information content (AvgIpc) is 2.64. The second kappa shape index (κ2) is 7.46. The molecular weight excluding hydrogens is 316 g/mol. The first kappa shape index (κ1) is 17.1. The van der Waals surface area contributed by atoms with Gasteiger partial charge in [-0.1, -0.05) is 0 Å². The van der Waals surface area contributed by atoms with Gasteiger partial charge in [0.2, 0.25) is 0 Å². The quantitative estimate of drug-likeness (QED) is 0.911. The van der Waals surface area contributed by atoms with Gasteiger partial charge in [-0.05, 0) is 32.9 Å². The third kappa shape index (κ3) is 3.70. The van der Waals surface area contributed by atoms with Gasteiger partial charge in [-0.25, -0.2) is 9.97 Å². The van der Waals surface area contributed by atoms with Crippen molar-refractivity contribution in [1.29, 1.82) is 0 Å². The lowest BCUT2D eigenvalue weighted by atomic mass is 10.2. The highest BCUT2D eigenvalue weighted by Gasteiger charge is 2.24. The van der Waals surface area contributed by atoms with Crippen molar-refractivity contribution in [3.63, 3.8) is 0 Å². The summed E-state index contributed by atoms with van der Waals surface area (Å²) < 4.78 is 0. The summed E-state index contributed by atoms with van der Waals surface area (Å²) in [6, 6.07) is 3.63. The van der Waals surface area contributed by atoms with Crippen molar-refractivity contribution in [2.75, 3.05) is 42.5 Å². The van der Waals surface area contributed by atoms with Crippen molar-refractivity contribution in [2.45, 2.75) is 20.8 Å². The van der Waals surface area contributed by atoms with Crippen LogP contribution in [-0.2, 0) is 0 Å². The Morgan fingerprint density at radius 1 is 1.12 bits per heavy atom. The van der Waals surface area contributed by atoms with Gasteiger partial charge < -0.3 is 15.1 Å². The molecule has 1 N–H and O–H groups in total. The number of rotatable bonds is 4. The third-order valence-electron chi connectivity index (χ3n) is 4.30. The first-order valence-electron chi connectivity index (χ1n) is 8.63. The summed E-state index contributed by atoms with van der Waals surface area (Å²) in [7, 11) is 0. The molecule has 0 radical (unpaired) electrons. The van der Waals surface area contributed by atoms with E-state index in [1.54, 1.807) is 18.5 Å². The van der Waals surface area contributed by atoms with Gasteiger partial charge in [0.15, 0.2) is 0 Å². The molecule has 0 bridgehead atoms. The highest BCUT2D eigenvalue weighted by Crippen LogP contribution is 2.22. The van der Waals surface area contributed by atoms with E-state index in [2.05, 4.69) is 30.1 Å². The topological polar surface area (TPSA) is 74.2 Å². The number of carbonyl (C=O) groups excluding carboxylic acids is 1. The van der Waals surface area contributed by atoms with Crippen molar-refractivity contribution in [1.82, 2.24) is 20.3 Å². The number of anilines is 2. The zero-order valence-corrected chi connectivity index (χ0v) is 15.0. The van der Waals surface area contributed by atoms with E-state index in [-0.39, 0.29) is 5.91 Å². The van der Waals surface area contributed by atoms with Crippen molar-refractivity contribution in [2.24, 2.45) is 0 Å². The van der Waals surface area contributed by atoms with Crippen LogP contribution < -0.4 is 15.1 Å². The highest BCUT2D eigenvalue weighted by molar-refractivity contribution is 5.98. The van der Waals surface area contributed by atoms with E-state index in [0.29, 0.717) is 12.1 Å². The summed E-state index contributed by atoms with van der Waals surface area (Å²) in [6.45, 7) is 9.69. The molecule has 7 heteroatoms. The van der Waals surface area contributed by atoms with Crippen molar-refractivity contribution in [3.05, 3.63) is 41.5 Å². The molecule has 0 aliphatic carbocycles. The SMILES string of the molecule is CCNC(=O)c1cccnc1N1CCN(c2nc(C)cnc2C)CC1. The highest BCUT2D eigenvalue weighted by atomic mass is 16.1. The van der Waals surface area contributed by atoms with Gasteiger partial charge in [-0.2, -0.15) is 0 Å². The van der Waals surface area contributed by atoms with Gasteiger partial charge in [-0.3, -0.25) is 9.78 Å². The summed E-state index contributed by atoms with van der Waals surface area (Å²) in [5.41, 5.74) is 2.50. The predicted molar refractivity (Wildman–Crippen MR) is 98.2 cm³/mol. The van der Waals surface area contributed by atoms with Crippen molar-refractivity contribution >= 4 is 17.5 Å². The average molecular weight is 340 g/mol. The lowest BCUT2D eigenvalue weighted by Crippen LogP contribution is -2.48. The molecule has 1 saturated heterocycles. The maximum absolute atomic E-state index is 12.3. The molecule has 2 aromatic heterocycles.